The maximum atomic E-state index is 12.6. The summed E-state index contributed by atoms with van der Waals surface area (Å²) in [5.41, 5.74) is 0.847. The van der Waals surface area contributed by atoms with Crippen molar-refractivity contribution in [2.45, 2.75) is 19.4 Å². The molecule has 0 atom stereocenters. The topological polar surface area (TPSA) is 50.8 Å². The smallest absolute Gasteiger partial charge is 0.267 e. The number of nitrogens with zero attached hydrogens (tertiary/aromatic N) is 1. The molecule has 26 heavy (non-hydrogen) atoms. The third-order valence-corrected chi connectivity index (χ3v) is 4.49. The Labute approximate surface area is 158 Å². The highest BCUT2D eigenvalue weighted by Crippen LogP contribution is 2.23. The van der Waals surface area contributed by atoms with E-state index in [2.05, 4.69) is 10.2 Å². The predicted octanol–water partition coefficient (Wildman–Crippen LogP) is 3.97. The van der Waals surface area contributed by atoms with Crippen LogP contribution in [0.15, 0.2) is 48.5 Å². The van der Waals surface area contributed by atoms with Crippen LogP contribution in [-0.2, 0) is 9.53 Å². The molecule has 0 spiro atoms. The van der Waals surface area contributed by atoms with E-state index >= 15 is 0 Å². The van der Waals surface area contributed by atoms with Crippen molar-refractivity contribution in [1.82, 2.24) is 0 Å². The van der Waals surface area contributed by atoms with Crippen LogP contribution in [0.5, 0.6) is 5.75 Å². The molecule has 5 nitrogen and oxygen atoms in total. The van der Waals surface area contributed by atoms with Gasteiger partial charge in [-0.3, -0.25) is 4.79 Å². The van der Waals surface area contributed by atoms with Crippen LogP contribution in [0.2, 0.25) is 5.02 Å². The molecular formula is C20H23ClN2O3. The minimum Gasteiger partial charge on any atom is -0.478 e. The van der Waals surface area contributed by atoms with Gasteiger partial charge < -0.3 is 19.7 Å². The van der Waals surface area contributed by atoms with Crippen molar-refractivity contribution >= 4 is 28.9 Å². The maximum absolute atomic E-state index is 12.6. The van der Waals surface area contributed by atoms with Gasteiger partial charge in [-0.2, -0.15) is 0 Å². The second kappa shape index (κ2) is 7.98. The Balaban J connectivity index is 1.61. The molecule has 1 amide bonds. The lowest BCUT2D eigenvalue weighted by Crippen LogP contribution is -2.42. The Hall–Kier alpha value is -2.24. The van der Waals surface area contributed by atoms with Crippen molar-refractivity contribution in [3.8, 4) is 5.75 Å². The highest BCUT2D eigenvalue weighted by Gasteiger charge is 2.30. The lowest BCUT2D eigenvalue weighted by molar-refractivity contribution is -0.128. The summed E-state index contributed by atoms with van der Waals surface area (Å²) in [5, 5.41) is 3.54. The fraction of sp³-hybridized carbons (Fsp3) is 0.350. The molecule has 0 aromatic heterocycles. The van der Waals surface area contributed by atoms with Crippen LogP contribution in [0, 0.1) is 0 Å². The van der Waals surface area contributed by atoms with E-state index in [-0.39, 0.29) is 5.91 Å². The summed E-state index contributed by atoms with van der Waals surface area (Å²) >= 11 is 5.88. The van der Waals surface area contributed by atoms with Crippen LogP contribution in [0.3, 0.4) is 0 Å². The van der Waals surface area contributed by atoms with Gasteiger partial charge in [0.1, 0.15) is 5.75 Å². The molecule has 1 saturated heterocycles. The summed E-state index contributed by atoms with van der Waals surface area (Å²) in [6, 6.07) is 14.8. The number of halogens is 1. The van der Waals surface area contributed by atoms with Crippen molar-refractivity contribution in [1.29, 1.82) is 0 Å². The minimum absolute atomic E-state index is 0.216. The molecule has 138 valence electrons. The fourth-order valence-corrected chi connectivity index (χ4v) is 2.83. The number of morpholine rings is 1. The summed E-state index contributed by atoms with van der Waals surface area (Å²) in [6.45, 7) is 6.73. The minimum atomic E-state index is -1.02. The average molecular weight is 375 g/mol. The number of nitrogens with one attached hydrogen (secondary N) is 1. The van der Waals surface area contributed by atoms with E-state index in [0.717, 1.165) is 37.7 Å². The van der Waals surface area contributed by atoms with E-state index in [1.807, 2.05) is 24.3 Å². The number of benzene rings is 2. The Morgan fingerprint density at radius 2 is 1.69 bits per heavy atom. The lowest BCUT2D eigenvalue weighted by Gasteiger charge is -2.29. The molecule has 1 fully saturated rings. The zero-order valence-electron chi connectivity index (χ0n) is 15.0. The third kappa shape index (κ3) is 4.68. The molecule has 2 aromatic carbocycles. The monoisotopic (exact) mass is 374 g/mol. The summed E-state index contributed by atoms with van der Waals surface area (Å²) in [7, 11) is 0. The van der Waals surface area contributed by atoms with Crippen LogP contribution in [0.4, 0.5) is 11.4 Å². The van der Waals surface area contributed by atoms with Crippen molar-refractivity contribution in [3.63, 3.8) is 0 Å². The zero-order valence-corrected chi connectivity index (χ0v) is 15.8. The van der Waals surface area contributed by atoms with Gasteiger partial charge in [0.2, 0.25) is 0 Å². The van der Waals surface area contributed by atoms with Crippen LogP contribution < -0.4 is 15.0 Å². The number of carbonyl (C=O) groups is 1. The Bertz CT molecular complexity index is 739. The van der Waals surface area contributed by atoms with Crippen molar-refractivity contribution in [3.05, 3.63) is 53.6 Å². The molecular weight excluding hydrogens is 352 g/mol. The number of hydrogen-bond donors (Lipinski definition) is 1. The van der Waals surface area contributed by atoms with E-state index in [4.69, 9.17) is 21.1 Å². The number of ether oxygens (including phenoxy) is 2. The molecule has 6 heteroatoms. The molecule has 0 bridgehead atoms. The van der Waals surface area contributed by atoms with E-state index < -0.39 is 5.60 Å². The van der Waals surface area contributed by atoms with Gasteiger partial charge in [0, 0.05) is 29.5 Å². The molecule has 0 saturated carbocycles. The Morgan fingerprint density at radius 3 is 2.31 bits per heavy atom. The first-order chi connectivity index (χ1) is 12.4. The normalized spacial score (nSPS) is 14.8. The van der Waals surface area contributed by atoms with Gasteiger partial charge in [0.25, 0.3) is 5.91 Å². The fourth-order valence-electron chi connectivity index (χ4n) is 2.70. The van der Waals surface area contributed by atoms with Crippen molar-refractivity contribution < 1.29 is 14.3 Å². The van der Waals surface area contributed by atoms with Gasteiger partial charge >= 0.3 is 0 Å². The maximum Gasteiger partial charge on any atom is 0.267 e. The summed E-state index contributed by atoms with van der Waals surface area (Å²) < 4.78 is 11.2. The Kier molecular flexibility index (Phi) is 5.69. The first kappa shape index (κ1) is 18.5. The van der Waals surface area contributed by atoms with Crippen LogP contribution in [0.1, 0.15) is 13.8 Å². The van der Waals surface area contributed by atoms with Crippen molar-refractivity contribution in [2.75, 3.05) is 36.5 Å². The standard InChI is InChI=1S/C20H23ClN2O3/c1-20(2,26-18-9-3-15(21)4-10-18)19(24)22-16-5-7-17(8-6-16)23-11-13-25-14-12-23/h3-10H,11-14H2,1-2H3,(H,22,24). The molecule has 0 aliphatic carbocycles. The lowest BCUT2D eigenvalue weighted by atomic mass is 10.1. The molecule has 1 aliphatic heterocycles. The molecule has 3 rings (SSSR count). The number of rotatable bonds is 5. The number of amides is 1. The summed E-state index contributed by atoms with van der Waals surface area (Å²) in [5.74, 6) is 0.379. The average Bonchev–Trinajstić information content (AvgIpc) is 2.65. The predicted molar refractivity (Wildman–Crippen MR) is 104 cm³/mol. The SMILES string of the molecule is CC(C)(Oc1ccc(Cl)cc1)C(=O)Nc1ccc(N2CCOCC2)cc1. The van der Waals surface area contributed by atoms with Gasteiger partial charge in [-0.05, 0) is 62.4 Å². The van der Waals surface area contributed by atoms with Gasteiger partial charge in [-0.15, -0.1) is 0 Å². The third-order valence-electron chi connectivity index (χ3n) is 4.23. The summed E-state index contributed by atoms with van der Waals surface area (Å²) in [4.78, 5) is 14.9. The number of hydrogen-bond acceptors (Lipinski definition) is 4. The molecule has 1 heterocycles. The molecule has 0 unspecified atom stereocenters. The van der Waals surface area contributed by atoms with Crippen LogP contribution >= 0.6 is 11.6 Å². The second-order valence-corrected chi connectivity index (χ2v) is 7.10. The van der Waals surface area contributed by atoms with Crippen LogP contribution in [0.25, 0.3) is 0 Å². The molecule has 2 aromatic rings. The van der Waals surface area contributed by atoms with E-state index in [9.17, 15) is 4.79 Å². The quantitative estimate of drug-likeness (QED) is 0.860. The molecule has 0 radical (unpaired) electrons. The largest absolute Gasteiger partial charge is 0.478 e. The zero-order chi connectivity index (χ0) is 18.6. The summed E-state index contributed by atoms with van der Waals surface area (Å²) in [6.07, 6.45) is 0. The molecule has 1 N–H and O–H groups in total. The van der Waals surface area contributed by atoms with Gasteiger partial charge in [0.15, 0.2) is 5.60 Å². The highest BCUT2D eigenvalue weighted by atomic mass is 35.5. The van der Waals surface area contributed by atoms with Gasteiger partial charge in [-0.1, -0.05) is 11.6 Å². The first-order valence-electron chi connectivity index (χ1n) is 8.63. The van der Waals surface area contributed by atoms with Crippen LogP contribution in [-0.4, -0.2) is 37.8 Å². The molecule has 1 aliphatic rings. The van der Waals surface area contributed by atoms with E-state index in [1.54, 1.807) is 38.1 Å². The second-order valence-electron chi connectivity index (χ2n) is 6.67. The van der Waals surface area contributed by atoms with Crippen molar-refractivity contribution in [2.24, 2.45) is 0 Å². The van der Waals surface area contributed by atoms with E-state index in [1.165, 1.54) is 0 Å². The number of anilines is 2. The Morgan fingerprint density at radius 1 is 1.08 bits per heavy atom. The van der Waals surface area contributed by atoms with Gasteiger partial charge in [0.05, 0.1) is 13.2 Å². The van der Waals surface area contributed by atoms with Gasteiger partial charge in [-0.25, -0.2) is 0 Å². The highest BCUT2D eigenvalue weighted by molar-refractivity contribution is 6.30. The van der Waals surface area contributed by atoms with E-state index in [0.29, 0.717) is 10.8 Å². The number of carbonyl (C=O) groups excluding carboxylic acids is 1. The first-order valence-corrected chi connectivity index (χ1v) is 9.01.